The van der Waals surface area contributed by atoms with Gasteiger partial charge in [-0.1, -0.05) is 56.7 Å². The summed E-state index contributed by atoms with van der Waals surface area (Å²) in [4.78, 5) is 14.1. The molecule has 0 aromatic carbocycles. The van der Waals surface area contributed by atoms with E-state index in [0.29, 0.717) is 36.3 Å². The second-order valence-corrected chi connectivity index (χ2v) is 15.0. The van der Waals surface area contributed by atoms with Crippen LogP contribution in [-0.2, 0) is 38.0 Å². The fourth-order valence-electron chi connectivity index (χ4n) is 7.52. The third-order valence-electron chi connectivity index (χ3n) is 9.75. The molecule has 4 aliphatic heterocycles. The first-order valence-corrected chi connectivity index (χ1v) is 17.5. The quantitative estimate of drug-likeness (QED) is 0.267. The first-order chi connectivity index (χ1) is 20.2. The van der Waals surface area contributed by atoms with E-state index < -0.39 is 51.7 Å². The summed E-state index contributed by atoms with van der Waals surface area (Å²) in [5.41, 5.74) is 0.359. The van der Waals surface area contributed by atoms with Crippen molar-refractivity contribution in [2.75, 3.05) is 12.9 Å². The molecular weight excluding hydrogens is 572 g/mol. The number of hydrogen-bond acceptors (Lipinski definition) is 9. The van der Waals surface area contributed by atoms with Crippen molar-refractivity contribution >= 4 is 16.1 Å². The van der Waals surface area contributed by atoms with Crippen molar-refractivity contribution in [1.82, 2.24) is 0 Å². The van der Waals surface area contributed by atoms with Gasteiger partial charge in [-0.05, 0) is 62.5 Å². The predicted molar refractivity (Wildman–Crippen MR) is 161 cm³/mol. The Morgan fingerprint density at radius 1 is 1.16 bits per heavy atom. The predicted octanol–water partition coefficient (Wildman–Crippen LogP) is 4.91. The molecule has 0 amide bonds. The second-order valence-electron chi connectivity index (χ2n) is 13.4. The highest BCUT2D eigenvalue weighted by molar-refractivity contribution is 7.86. The van der Waals surface area contributed by atoms with E-state index in [2.05, 4.69) is 39.8 Å². The Labute approximate surface area is 256 Å². The minimum Gasteiger partial charge on any atom is -0.462 e. The van der Waals surface area contributed by atoms with Gasteiger partial charge in [-0.2, -0.15) is 8.42 Å². The van der Waals surface area contributed by atoms with Crippen molar-refractivity contribution in [2.45, 2.75) is 121 Å². The summed E-state index contributed by atoms with van der Waals surface area (Å²) in [5.74, 6) is -1.89. The van der Waals surface area contributed by atoms with E-state index in [1.807, 2.05) is 6.08 Å². The monoisotopic (exact) mass is 620 g/mol. The fourth-order valence-corrected chi connectivity index (χ4v) is 8.15. The molecule has 4 heterocycles. The van der Waals surface area contributed by atoms with Crippen LogP contribution in [0.3, 0.4) is 0 Å². The number of fused-ring (bicyclic) bond motifs is 2. The van der Waals surface area contributed by atoms with Gasteiger partial charge in [0, 0.05) is 19.3 Å². The minimum absolute atomic E-state index is 0.0280. The van der Waals surface area contributed by atoms with Crippen molar-refractivity contribution in [3.05, 3.63) is 47.1 Å². The van der Waals surface area contributed by atoms with Gasteiger partial charge in [0.15, 0.2) is 5.79 Å². The molecule has 5 rings (SSSR count). The lowest BCUT2D eigenvalue weighted by Gasteiger charge is -2.50. The average Bonchev–Trinajstić information content (AvgIpc) is 3.26. The number of hydrogen-bond donors (Lipinski definition) is 1. The largest absolute Gasteiger partial charge is 0.462 e. The Kier molecular flexibility index (Phi) is 9.49. The van der Waals surface area contributed by atoms with Crippen molar-refractivity contribution in [3.8, 4) is 0 Å². The van der Waals surface area contributed by atoms with Crippen LogP contribution in [0.25, 0.3) is 0 Å². The summed E-state index contributed by atoms with van der Waals surface area (Å²) in [6.07, 6.45) is 12.7. The van der Waals surface area contributed by atoms with Gasteiger partial charge >= 0.3 is 5.97 Å². The molecule has 1 N–H and O–H groups in total. The Hall–Kier alpha value is -1.82. The van der Waals surface area contributed by atoms with Crippen LogP contribution in [0.15, 0.2) is 47.1 Å². The summed E-state index contributed by atoms with van der Waals surface area (Å²) >= 11 is 0. The number of carbonyl (C=O) groups is 1. The number of rotatable bonds is 3. The van der Waals surface area contributed by atoms with Crippen LogP contribution in [0.2, 0.25) is 0 Å². The number of esters is 1. The molecule has 1 aliphatic carbocycles. The van der Waals surface area contributed by atoms with Gasteiger partial charge in [-0.15, -0.1) is 0 Å². The van der Waals surface area contributed by atoms with E-state index in [-0.39, 0.29) is 24.7 Å². The van der Waals surface area contributed by atoms with Crippen molar-refractivity contribution in [3.63, 3.8) is 0 Å². The molecule has 10 heteroatoms. The van der Waals surface area contributed by atoms with Gasteiger partial charge in [0.1, 0.15) is 29.8 Å². The normalized spacial score (nSPS) is 45.7. The van der Waals surface area contributed by atoms with E-state index in [0.717, 1.165) is 31.9 Å². The molecule has 3 fully saturated rings. The van der Waals surface area contributed by atoms with Crippen LogP contribution in [-0.4, -0.2) is 74.3 Å². The van der Waals surface area contributed by atoms with E-state index >= 15 is 0 Å². The summed E-state index contributed by atoms with van der Waals surface area (Å²) in [6, 6.07) is 0. The topological polar surface area (TPSA) is 118 Å². The molecule has 3 saturated heterocycles. The van der Waals surface area contributed by atoms with Crippen LogP contribution in [0.4, 0.5) is 0 Å². The zero-order chi connectivity index (χ0) is 31.2. The molecule has 0 aromatic heterocycles. The van der Waals surface area contributed by atoms with Crippen LogP contribution in [0, 0.1) is 17.8 Å². The first kappa shape index (κ1) is 32.6. The lowest BCUT2D eigenvalue weighted by molar-refractivity contribution is -0.335. The summed E-state index contributed by atoms with van der Waals surface area (Å²) in [7, 11) is -3.88. The van der Waals surface area contributed by atoms with E-state index in [4.69, 9.17) is 23.1 Å². The van der Waals surface area contributed by atoms with E-state index in [1.165, 1.54) is 5.57 Å². The molecule has 5 aliphatic rings. The van der Waals surface area contributed by atoms with Gasteiger partial charge in [-0.25, -0.2) is 0 Å². The summed E-state index contributed by atoms with van der Waals surface area (Å²) < 4.78 is 55.3. The van der Waals surface area contributed by atoms with Crippen LogP contribution in [0.1, 0.15) is 79.6 Å². The highest BCUT2D eigenvalue weighted by Gasteiger charge is 2.61. The van der Waals surface area contributed by atoms with Crippen LogP contribution in [0.5, 0.6) is 0 Å². The van der Waals surface area contributed by atoms with Crippen molar-refractivity contribution in [2.24, 2.45) is 17.8 Å². The van der Waals surface area contributed by atoms with Crippen molar-refractivity contribution in [1.29, 1.82) is 0 Å². The number of carbonyl (C=O) groups excluding carboxylic acids is 1. The molecule has 43 heavy (non-hydrogen) atoms. The van der Waals surface area contributed by atoms with Crippen LogP contribution >= 0.6 is 0 Å². The molecule has 0 radical (unpaired) electrons. The van der Waals surface area contributed by atoms with Gasteiger partial charge in [0.05, 0.1) is 25.1 Å². The highest BCUT2D eigenvalue weighted by Crippen LogP contribution is 2.48. The number of ether oxygens (including phenoxy) is 4. The molecule has 240 valence electrons. The summed E-state index contributed by atoms with van der Waals surface area (Å²) in [5, 5.41) is 12.3. The lowest BCUT2D eigenvalue weighted by atomic mass is 9.71. The van der Waals surface area contributed by atoms with E-state index in [9.17, 15) is 18.3 Å². The average molecular weight is 621 g/mol. The molecule has 0 saturated carbocycles. The zero-order valence-corrected chi connectivity index (χ0v) is 27.1. The van der Waals surface area contributed by atoms with Gasteiger partial charge in [-0.3, -0.25) is 8.98 Å². The van der Waals surface area contributed by atoms with Gasteiger partial charge in [0.2, 0.25) is 0 Å². The second kappa shape index (κ2) is 12.5. The third kappa shape index (κ3) is 6.89. The maximum Gasteiger partial charge on any atom is 0.316 e. The minimum atomic E-state index is -3.88. The van der Waals surface area contributed by atoms with E-state index in [1.54, 1.807) is 19.1 Å². The van der Waals surface area contributed by atoms with Gasteiger partial charge in [0.25, 0.3) is 10.1 Å². The fraction of sp³-hybridized carbons (Fsp3) is 0.727. The molecule has 2 bridgehead atoms. The van der Waals surface area contributed by atoms with Crippen LogP contribution < -0.4 is 0 Å². The molecule has 1 spiro atoms. The Balaban J connectivity index is 1.54. The molecule has 0 aromatic rings. The van der Waals surface area contributed by atoms with Gasteiger partial charge < -0.3 is 24.1 Å². The molecular formula is C33H48O9S. The number of allylic oxidation sites excluding steroid dienone is 4. The summed E-state index contributed by atoms with van der Waals surface area (Å²) in [6.45, 7) is 10.3. The Morgan fingerprint density at radius 3 is 2.65 bits per heavy atom. The Bertz CT molecular complexity index is 1300. The number of aliphatic hydroxyl groups is 1. The molecule has 9 nitrogen and oxygen atoms in total. The smallest absolute Gasteiger partial charge is 0.316 e. The third-order valence-corrected chi connectivity index (χ3v) is 10.3. The lowest BCUT2D eigenvalue weighted by Crippen LogP contribution is -2.59. The molecule has 0 unspecified atom stereocenters. The SMILES string of the molecule is CC[C@H]1O[C@]2(CC[C@@H]1C)C[C@@H]1C[C@@H](C/C=C(\C)C[C@@H](C)/C=C/C=C3\CO[C@@H]4[C@H](OS(C)(=O)=O)C(C)=C[C@@H](C(=O)O1)[C@]34O)O2. The van der Waals surface area contributed by atoms with Crippen molar-refractivity contribution < 1.29 is 41.4 Å². The maximum absolute atomic E-state index is 14.1. The maximum atomic E-state index is 14.1. The zero-order valence-electron chi connectivity index (χ0n) is 26.3. The Morgan fingerprint density at radius 2 is 1.93 bits per heavy atom. The standard InChI is InChI=1S/C33H48O9S/c1-7-28-22(4)13-14-32(41-28)18-26-17-25(40-32)12-11-21(3)15-20(2)9-8-10-24-19-38-30-29(42-43(6,36)37)23(5)16-27(31(34)39-26)33(24,30)35/h8-11,16,20,22,25-30,35H,7,12-15,17-19H2,1-6H3/b9-8+,21-11+,24-10+/t20-,22-,25+,26-,27-,28+,29+,30+,32+,33+/m0/s1. The highest BCUT2D eigenvalue weighted by atomic mass is 32.2. The first-order valence-electron chi connectivity index (χ1n) is 15.7. The molecule has 10 atom stereocenters.